The van der Waals surface area contributed by atoms with Crippen molar-refractivity contribution in [2.24, 2.45) is 0 Å². The van der Waals surface area contributed by atoms with E-state index in [0.29, 0.717) is 11.1 Å². The standard InChI is InChI=1S/C15H24ClNO/c1-4-5-6-7-8-12(2)17-13-9-10-15(18-3)14(16)11-13/h9-12,17H,4-8H2,1-3H3. The maximum atomic E-state index is 6.09. The molecule has 0 bridgehead atoms. The van der Waals surface area contributed by atoms with Gasteiger partial charge in [-0.2, -0.15) is 0 Å². The second-order valence-corrected chi connectivity index (χ2v) is 5.15. The van der Waals surface area contributed by atoms with Crippen LogP contribution < -0.4 is 10.1 Å². The van der Waals surface area contributed by atoms with Crippen molar-refractivity contribution in [1.82, 2.24) is 0 Å². The number of hydrogen-bond acceptors (Lipinski definition) is 2. The summed E-state index contributed by atoms with van der Waals surface area (Å²) in [4.78, 5) is 0. The molecule has 1 rings (SSSR count). The summed E-state index contributed by atoms with van der Waals surface area (Å²) in [5.41, 5.74) is 1.06. The fourth-order valence-electron chi connectivity index (χ4n) is 1.99. The molecule has 0 saturated heterocycles. The average molecular weight is 270 g/mol. The predicted octanol–water partition coefficient (Wildman–Crippen LogP) is 5.12. The lowest BCUT2D eigenvalue weighted by atomic mass is 10.1. The zero-order valence-corrected chi connectivity index (χ0v) is 12.4. The van der Waals surface area contributed by atoms with E-state index in [1.165, 1.54) is 32.1 Å². The van der Waals surface area contributed by atoms with E-state index in [4.69, 9.17) is 16.3 Å². The largest absolute Gasteiger partial charge is 0.495 e. The third kappa shape index (κ3) is 5.18. The van der Waals surface area contributed by atoms with Crippen LogP contribution >= 0.6 is 11.6 Å². The molecular weight excluding hydrogens is 246 g/mol. The molecule has 1 unspecified atom stereocenters. The van der Waals surface area contributed by atoms with Crippen molar-refractivity contribution in [3.63, 3.8) is 0 Å². The summed E-state index contributed by atoms with van der Waals surface area (Å²) >= 11 is 6.09. The first-order chi connectivity index (χ1) is 8.67. The van der Waals surface area contributed by atoms with Gasteiger partial charge in [0.25, 0.3) is 0 Å². The Labute approximate surface area is 116 Å². The van der Waals surface area contributed by atoms with Gasteiger partial charge >= 0.3 is 0 Å². The lowest BCUT2D eigenvalue weighted by Gasteiger charge is -2.16. The van der Waals surface area contributed by atoms with Gasteiger partial charge in [0.2, 0.25) is 0 Å². The summed E-state index contributed by atoms with van der Waals surface area (Å²) in [5, 5.41) is 4.12. The Hall–Kier alpha value is -0.890. The van der Waals surface area contributed by atoms with Crippen LogP contribution in [0.4, 0.5) is 5.69 Å². The molecule has 1 aromatic carbocycles. The highest BCUT2D eigenvalue weighted by Crippen LogP contribution is 2.27. The van der Waals surface area contributed by atoms with Gasteiger partial charge in [0.15, 0.2) is 0 Å². The summed E-state index contributed by atoms with van der Waals surface area (Å²) in [6.45, 7) is 4.45. The normalized spacial score (nSPS) is 12.2. The molecular formula is C15H24ClNO. The summed E-state index contributed by atoms with van der Waals surface area (Å²) < 4.78 is 5.14. The van der Waals surface area contributed by atoms with Gasteiger partial charge in [-0.25, -0.2) is 0 Å². The van der Waals surface area contributed by atoms with Crippen LogP contribution in [0.3, 0.4) is 0 Å². The van der Waals surface area contributed by atoms with Gasteiger partial charge in [0.05, 0.1) is 12.1 Å². The van der Waals surface area contributed by atoms with Crippen molar-refractivity contribution in [2.75, 3.05) is 12.4 Å². The second-order valence-electron chi connectivity index (χ2n) is 4.74. The molecule has 18 heavy (non-hydrogen) atoms. The molecule has 0 aliphatic rings. The van der Waals surface area contributed by atoms with Gasteiger partial charge in [-0.3, -0.25) is 0 Å². The molecule has 1 N–H and O–H groups in total. The summed E-state index contributed by atoms with van der Waals surface area (Å²) in [6, 6.07) is 6.30. The zero-order chi connectivity index (χ0) is 13.4. The molecule has 0 spiro atoms. The van der Waals surface area contributed by atoms with Crippen molar-refractivity contribution in [2.45, 2.75) is 52.0 Å². The van der Waals surface area contributed by atoms with E-state index in [1.54, 1.807) is 7.11 Å². The number of anilines is 1. The van der Waals surface area contributed by atoms with Crippen LogP contribution in [-0.4, -0.2) is 13.2 Å². The molecule has 2 nitrogen and oxygen atoms in total. The Balaban J connectivity index is 2.39. The van der Waals surface area contributed by atoms with Gasteiger partial charge in [-0.15, -0.1) is 0 Å². The van der Waals surface area contributed by atoms with Crippen LogP contribution in [-0.2, 0) is 0 Å². The van der Waals surface area contributed by atoms with Crippen LogP contribution in [0.1, 0.15) is 46.0 Å². The van der Waals surface area contributed by atoms with Gasteiger partial charge < -0.3 is 10.1 Å². The molecule has 0 saturated carbocycles. The third-order valence-electron chi connectivity index (χ3n) is 3.06. The molecule has 0 radical (unpaired) electrons. The summed E-state index contributed by atoms with van der Waals surface area (Å²) in [7, 11) is 1.63. The van der Waals surface area contributed by atoms with Gasteiger partial charge in [0.1, 0.15) is 5.75 Å². The molecule has 1 aromatic rings. The van der Waals surface area contributed by atoms with E-state index in [9.17, 15) is 0 Å². The fourth-order valence-corrected chi connectivity index (χ4v) is 2.25. The Morgan fingerprint density at radius 2 is 2.06 bits per heavy atom. The molecule has 0 aromatic heterocycles. The van der Waals surface area contributed by atoms with E-state index >= 15 is 0 Å². The Kier molecular flexibility index (Phi) is 6.96. The van der Waals surface area contributed by atoms with Crippen molar-refractivity contribution in [1.29, 1.82) is 0 Å². The molecule has 1 atom stereocenters. The molecule has 0 fully saturated rings. The first kappa shape index (κ1) is 15.2. The number of rotatable bonds is 8. The number of unbranched alkanes of at least 4 members (excludes halogenated alkanes) is 3. The van der Waals surface area contributed by atoms with Crippen LogP contribution in [0.15, 0.2) is 18.2 Å². The molecule has 0 heterocycles. The molecule has 0 aliphatic heterocycles. The minimum absolute atomic E-state index is 0.478. The van der Waals surface area contributed by atoms with E-state index in [0.717, 1.165) is 11.4 Å². The number of hydrogen-bond donors (Lipinski definition) is 1. The third-order valence-corrected chi connectivity index (χ3v) is 3.35. The Morgan fingerprint density at radius 3 is 2.67 bits per heavy atom. The lowest BCUT2D eigenvalue weighted by Crippen LogP contribution is -2.14. The number of ether oxygens (including phenoxy) is 1. The lowest BCUT2D eigenvalue weighted by molar-refractivity contribution is 0.415. The molecule has 0 aliphatic carbocycles. The molecule has 102 valence electrons. The number of methoxy groups -OCH3 is 1. The highest BCUT2D eigenvalue weighted by atomic mass is 35.5. The van der Waals surface area contributed by atoms with Gasteiger partial charge in [-0.1, -0.05) is 44.2 Å². The summed E-state index contributed by atoms with van der Waals surface area (Å²) in [6.07, 6.45) is 6.43. The smallest absolute Gasteiger partial charge is 0.137 e. The summed E-state index contributed by atoms with van der Waals surface area (Å²) in [5.74, 6) is 0.720. The highest BCUT2D eigenvalue weighted by Gasteiger charge is 2.05. The molecule has 0 amide bonds. The fraction of sp³-hybridized carbons (Fsp3) is 0.600. The van der Waals surface area contributed by atoms with Crippen LogP contribution in [0.5, 0.6) is 5.75 Å². The SMILES string of the molecule is CCCCCCC(C)Nc1ccc(OC)c(Cl)c1. The van der Waals surface area contributed by atoms with E-state index in [1.807, 2.05) is 18.2 Å². The maximum Gasteiger partial charge on any atom is 0.137 e. The molecule has 3 heteroatoms. The van der Waals surface area contributed by atoms with Crippen molar-refractivity contribution in [3.05, 3.63) is 23.2 Å². The number of benzene rings is 1. The van der Waals surface area contributed by atoms with Crippen molar-refractivity contribution in [3.8, 4) is 5.75 Å². The monoisotopic (exact) mass is 269 g/mol. The highest BCUT2D eigenvalue weighted by molar-refractivity contribution is 6.32. The Bertz CT molecular complexity index is 354. The predicted molar refractivity (Wildman–Crippen MR) is 79.8 cm³/mol. The first-order valence-electron chi connectivity index (χ1n) is 6.77. The average Bonchev–Trinajstić information content (AvgIpc) is 2.35. The van der Waals surface area contributed by atoms with E-state index < -0.39 is 0 Å². The van der Waals surface area contributed by atoms with Crippen molar-refractivity contribution < 1.29 is 4.74 Å². The number of halogens is 1. The maximum absolute atomic E-state index is 6.09. The van der Waals surface area contributed by atoms with E-state index in [2.05, 4.69) is 19.2 Å². The first-order valence-corrected chi connectivity index (χ1v) is 7.15. The Morgan fingerprint density at radius 1 is 1.28 bits per heavy atom. The zero-order valence-electron chi connectivity index (χ0n) is 11.6. The van der Waals surface area contributed by atoms with Gasteiger partial charge in [-0.05, 0) is 31.5 Å². The minimum Gasteiger partial charge on any atom is -0.495 e. The van der Waals surface area contributed by atoms with Crippen LogP contribution in [0, 0.1) is 0 Å². The second kappa shape index (κ2) is 8.25. The van der Waals surface area contributed by atoms with E-state index in [-0.39, 0.29) is 0 Å². The van der Waals surface area contributed by atoms with Gasteiger partial charge in [0, 0.05) is 11.7 Å². The number of nitrogens with one attached hydrogen (secondary N) is 1. The van der Waals surface area contributed by atoms with Crippen molar-refractivity contribution >= 4 is 17.3 Å². The van der Waals surface area contributed by atoms with Crippen LogP contribution in [0.25, 0.3) is 0 Å². The minimum atomic E-state index is 0.478. The quantitative estimate of drug-likeness (QED) is 0.662. The van der Waals surface area contributed by atoms with Crippen LogP contribution in [0.2, 0.25) is 5.02 Å². The topological polar surface area (TPSA) is 21.3 Å².